The lowest BCUT2D eigenvalue weighted by Crippen LogP contribution is -2.33. The van der Waals surface area contributed by atoms with Crippen LogP contribution in [-0.2, 0) is 4.74 Å². The van der Waals surface area contributed by atoms with Crippen molar-refractivity contribution in [2.45, 2.75) is 32.8 Å². The molecular weight excluding hydrogens is 258 g/mol. The molecule has 1 aromatic carbocycles. The van der Waals surface area contributed by atoms with E-state index >= 15 is 0 Å². The van der Waals surface area contributed by atoms with Crippen molar-refractivity contribution in [1.29, 1.82) is 0 Å². The van der Waals surface area contributed by atoms with Gasteiger partial charge in [-0.3, -0.25) is 0 Å². The zero-order valence-corrected chi connectivity index (χ0v) is 12.6. The number of nitrogens with one attached hydrogen (secondary N) is 1. The van der Waals surface area contributed by atoms with Gasteiger partial charge in [0, 0.05) is 12.6 Å². The molecule has 1 amide bonds. The molecule has 0 aromatic heterocycles. The fourth-order valence-electron chi connectivity index (χ4n) is 1.46. The molecule has 112 valence electrons. The van der Waals surface area contributed by atoms with Crippen molar-refractivity contribution < 1.29 is 19.0 Å². The summed E-state index contributed by atoms with van der Waals surface area (Å²) in [6, 6.07) is 7.41. The third-order valence-electron chi connectivity index (χ3n) is 2.30. The second-order valence-corrected chi connectivity index (χ2v) is 5.31. The van der Waals surface area contributed by atoms with E-state index in [9.17, 15) is 4.79 Å². The molecule has 0 unspecified atom stereocenters. The summed E-state index contributed by atoms with van der Waals surface area (Å²) in [5.41, 5.74) is -0.471. The van der Waals surface area contributed by atoms with Crippen LogP contribution in [0.3, 0.4) is 0 Å². The maximum atomic E-state index is 11.4. The van der Waals surface area contributed by atoms with E-state index in [2.05, 4.69) is 5.32 Å². The van der Waals surface area contributed by atoms with Crippen LogP contribution in [0.1, 0.15) is 27.2 Å². The fraction of sp³-hybridized carbons (Fsp3) is 0.533. The maximum Gasteiger partial charge on any atom is 0.407 e. The van der Waals surface area contributed by atoms with Crippen LogP contribution in [0.25, 0.3) is 0 Å². The number of alkyl carbamates (subject to hydrolysis) is 1. The van der Waals surface area contributed by atoms with Crippen molar-refractivity contribution in [3.05, 3.63) is 24.3 Å². The highest BCUT2D eigenvalue weighted by molar-refractivity contribution is 5.67. The first-order valence-electron chi connectivity index (χ1n) is 6.64. The minimum atomic E-state index is -0.471. The molecule has 1 aromatic rings. The van der Waals surface area contributed by atoms with Crippen LogP contribution in [0, 0.1) is 0 Å². The molecule has 1 rings (SSSR count). The lowest BCUT2D eigenvalue weighted by molar-refractivity contribution is 0.0525. The van der Waals surface area contributed by atoms with Gasteiger partial charge in [0.2, 0.25) is 0 Å². The molecule has 5 nitrogen and oxygen atoms in total. The Morgan fingerprint density at radius 3 is 2.60 bits per heavy atom. The number of ether oxygens (including phenoxy) is 3. The van der Waals surface area contributed by atoms with Crippen molar-refractivity contribution in [2.75, 3.05) is 20.3 Å². The van der Waals surface area contributed by atoms with Crippen LogP contribution >= 0.6 is 0 Å². The number of benzene rings is 1. The van der Waals surface area contributed by atoms with Gasteiger partial charge in [0.15, 0.2) is 0 Å². The van der Waals surface area contributed by atoms with Crippen LogP contribution in [0.2, 0.25) is 0 Å². The van der Waals surface area contributed by atoms with Crippen molar-refractivity contribution in [2.24, 2.45) is 0 Å². The molecule has 0 bridgehead atoms. The van der Waals surface area contributed by atoms with Crippen LogP contribution in [0.5, 0.6) is 11.5 Å². The molecule has 0 aliphatic carbocycles. The van der Waals surface area contributed by atoms with Crippen molar-refractivity contribution in [1.82, 2.24) is 5.32 Å². The number of carbonyl (C=O) groups is 1. The second kappa shape index (κ2) is 7.62. The Morgan fingerprint density at radius 1 is 1.25 bits per heavy atom. The van der Waals surface area contributed by atoms with Gasteiger partial charge >= 0.3 is 6.09 Å². The van der Waals surface area contributed by atoms with Crippen LogP contribution in [0.15, 0.2) is 24.3 Å². The highest BCUT2D eigenvalue weighted by atomic mass is 16.6. The number of amides is 1. The summed E-state index contributed by atoms with van der Waals surface area (Å²) in [5, 5.41) is 2.68. The van der Waals surface area contributed by atoms with E-state index < -0.39 is 11.7 Å². The molecule has 0 aliphatic rings. The van der Waals surface area contributed by atoms with E-state index in [1.165, 1.54) is 0 Å². The average molecular weight is 281 g/mol. The van der Waals surface area contributed by atoms with Gasteiger partial charge in [-0.15, -0.1) is 0 Å². The molecule has 0 spiro atoms. The number of methoxy groups -OCH3 is 1. The molecule has 0 heterocycles. The average Bonchev–Trinajstić information content (AvgIpc) is 2.36. The Morgan fingerprint density at radius 2 is 1.95 bits per heavy atom. The summed E-state index contributed by atoms with van der Waals surface area (Å²) in [4.78, 5) is 11.4. The zero-order valence-electron chi connectivity index (χ0n) is 12.6. The number of rotatable bonds is 6. The summed E-state index contributed by atoms with van der Waals surface area (Å²) in [5.74, 6) is 1.51. The summed E-state index contributed by atoms with van der Waals surface area (Å²) in [6.45, 7) is 6.53. The van der Waals surface area contributed by atoms with Gasteiger partial charge in [-0.25, -0.2) is 4.79 Å². The quantitative estimate of drug-likeness (QED) is 0.814. The Balaban J connectivity index is 2.17. The third kappa shape index (κ3) is 6.87. The number of hydrogen-bond acceptors (Lipinski definition) is 4. The molecule has 0 atom stereocenters. The van der Waals surface area contributed by atoms with Gasteiger partial charge in [-0.05, 0) is 39.3 Å². The predicted octanol–water partition coefficient (Wildman–Crippen LogP) is 2.99. The smallest absolute Gasteiger partial charge is 0.407 e. The number of hydrogen-bond donors (Lipinski definition) is 1. The Kier molecular flexibility index (Phi) is 6.15. The summed E-state index contributed by atoms with van der Waals surface area (Å²) in [6.07, 6.45) is 0.301. The first-order chi connectivity index (χ1) is 9.40. The van der Waals surface area contributed by atoms with E-state index in [1.54, 1.807) is 7.11 Å². The third-order valence-corrected chi connectivity index (χ3v) is 2.30. The van der Waals surface area contributed by atoms with Gasteiger partial charge in [0.1, 0.15) is 17.1 Å². The van der Waals surface area contributed by atoms with Crippen LogP contribution in [0.4, 0.5) is 4.79 Å². The largest absolute Gasteiger partial charge is 0.497 e. The molecule has 1 N–H and O–H groups in total. The van der Waals surface area contributed by atoms with E-state index in [1.807, 2.05) is 45.0 Å². The molecule has 0 saturated carbocycles. The van der Waals surface area contributed by atoms with Crippen LogP contribution in [-0.4, -0.2) is 32.0 Å². The zero-order chi connectivity index (χ0) is 15.0. The van der Waals surface area contributed by atoms with Gasteiger partial charge < -0.3 is 19.5 Å². The summed E-state index contributed by atoms with van der Waals surface area (Å²) in [7, 11) is 1.61. The standard InChI is InChI=1S/C15H23NO4/c1-15(2,3)20-14(17)16-9-6-10-19-13-8-5-7-12(11-13)18-4/h5,7-8,11H,6,9-10H2,1-4H3,(H,16,17). The van der Waals surface area contributed by atoms with E-state index in [4.69, 9.17) is 14.2 Å². The second-order valence-electron chi connectivity index (χ2n) is 5.31. The predicted molar refractivity (Wildman–Crippen MR) is 77.3 cm³/mol. The Labute approximate surface area is 120 Å². The maximum absolute atomic E-state index is 11.4. The van der Waals surface area contributed by atoms with E-state index in [0.29, 0.717) is 19.6 Å². The molecule has 0 fully saturated rings. The summed E-state index contributed by atoms with van der Waals surface area (Å²) < 4.78 is 15.8. The van der Waals surface area contributed by atoms with Crippen molar-refractivity contribution in [3.63, 3.8) is 0 Å². The van der Waals surface area contributed by atoms with Gasteiger partial charge in [0.05, 0.1) is 13.7 Å². The first-order valence-corrected chi connectivity index (χ1v) is 6.64. The van der Waals surface area contributed by atoms with Gasteiger partial charge in [-0.2, -0.15) is 0 Å². The van der Waals surface area contributed by atoms with E-state index in [0.717, 1.165) is 11.5 Å². The molecule has 20 heavy (non-hydrogen) atoms. The SMILES string of the molecule is COc1cccc(OCCCNC(=O)OC(C)(C)C)c1. The number of carbonyl (C=O) groups excluding carboxylic acids is 1. The summed E-state index contributed by atoms with van der Waals surface area (Å²) >= 11 is 0. The Bertz CT molecular complexity index is 426. The van der Waals surface area contributed by atoms with Gasteiger partial charge in [-0.1, -0.05) is 6.07 Å². The molecular formula is C15H23NO4. The highest BCUT2D eigenvalue weighted by Gasteiger charge is 2.15. The molecule has 5 heteroatoms. The Hall–Kier alpha value is -1.91. The van der Waals surface area contributed by atoms with Crippen molar-refractivity contribution in [3.8, 4) is 11.5 Å². The first kappa shape index (κ1) is 16.1. The lowest BCUT2D eigenvalue weighted by atomic mass is 10.2. The lowest BCUT2D eigenvalue weighted by Gasteiger charge is -2.19. The molecule has 0 aliphatic heterocycles. The highest BCUT2D eigenvalue weighted by Crippen LogP contribution is 2.18. The molecule has 0 saturated heterocycles. The minimum Gasteiger partial charge on any atom is -0.497 e. The van der Waals surface area contributed by atoms with E-state index in [-0.39, 0.29) is 0 Å². The van der Waals surface area contributed by atoms with Gasteiger partial charge in [0.25, 0.3) is 0 Å². The fourth-order valence-corrected chi connectivity index (χ4v) is 1.46. The van der Waals surface area contributed by atoms with Crippen LogP contribution < -0.4 is 14.8 Å². The minimum absolute atomic E-state index is 0.404. The van der Waals surface area contributed by atoms with Crippen molar-refractivity contribution >= 4 is 6.09 Å². The monoisotopic (exact) mass is 281 g/mol. The molecule has 0 radical (unpaired) electrons. The topological polar surface area (TPSA) is 56.8 Å². The normalized spacial score (nSPS) is 10.8.